The van der Waals surface area contributed by atoms with Crippen LogP contribution in [0.25, 0.3) is 0 Å². The number of fused-ring (bicyclic) bond motifs is 1. The summed E-state index contributed by atoms with van der Waals surface area (Å²) in [7, 11) is 0. The van der Waals surface area contributed by atoms with E-state index in [1.54, 1.807) is 5.57 Å². The second-order valence-electron chi connectivity index (χ2n) is 5.90. The number of hydrogen-bond donors (Lipinski definition) is 0. The van der Waals surface area contributed by atoms with E-state index in [-0.39, 0.29) is 0 Å². The maximum Gasteiger partial charge on any atom is -0.00851 e. The maximum atomic E-state index is 4.15. The van der Waals surface area contributed by atoms with Crippen LogP contribution in [-0.2, 0) is 0 Å². The average molecular weight is 204 g/mol. The molecule has 84 valence electrons. The van der Waals surface area contributed by atoms with Crippen molar-refractivity contribution < 1.29 is 0 Å². The number of allylic oxidation sites excluding steroid dienone is 3. The van der Waals surface area contributed by atoms with Gasteiger partial charge in [-0.3, -0.25) is 0 Å². The van der Waals surface area contributed by atoms with E-state index in [0.717, 1.165) is 11.8 Å². The Morgan fingerprint density at radius 2 is 2.13 bits per heavy atom. The normalized spacial score (nSPS) is 40.6. The molecule has 15 heavy (non-hydrogen) atoms. The zero-order valence-corrected chi connectivity index (χ0v) is 10.5. The molecule has 2 aliphatic rings. The lowest BCUT2D eigenvalue weighted by Crippen LogP contribution is -2.37. The van der Waals surface area contributed by atoms with Crippen molar-refractivity contribution >= 4 is 0 Å². The monoisotopic (exact) mass is 204 g/mol. The molecule has 2 rings (SSSR count). The van der Waals surface area contributed by atoms with Crippen LogP contribution in [0.4, 0.5) is 0 Å². The van der Waals surface area contributed by atoms with Crippen LogP contribution >= 0.6 is 0 Å². The van der Waals surface area contributed by atoms with Gasteiger partial charge in [-0.05, 0) is 63.2 Å². The summed E-state index contributed by atoms with van der Waals surface area (Å²) in [6.45, 7) is 11.2. The predicted molar refractivity (Wildman–Crippen MR) is 66.7 cm³/mol. The van der Waals surface area contributed by atoms with Gasteiger partial charge >= 0.3 is 0 Å². The molecule has 3 atom stereocenters. The third-order valence-corrected chi connectivity index (χ3v) is 5.00. The van der Waals surface area contributed by atoms with Gasteiger partial charge in [-0.15, -0.1) is 0 Å². The molecule has 1 saturated carbocycles. The first-order chi connectivity index (χ1) is 7.04. The molecule has 3 unspecified atom stereocenters. The fourth-order valence-corrected chi connectivity index (χ4v) is 3.60. The summed E-state index contributed by atoms with van der Waals surface area (Å²) < 4.78 is 0. The van der Waals surface area contributed by atoms with E-state index in [1.807, 2.05) is 0 Å². The van der Waals surface area contributed by atoms with Crippen LogP contribution in [0.15, 0.2) is 23.8 Å². The van der Waals surface area contributed by atoms with Crippen LogP contribution in [0.2, 0.25) is 0 Å². The van der Waals surface area contributed by atoms with Crippen molar-refractivity contribution in [1.29, 1.82) is 0 Å². The lowest BCUT2D eigenvalue weighted by Gasteiger charge is -2.48. The minimum absolute atomic E-state index is 0.486. The molecule has 1 fully saturated rings. The highest BCUT2D eigenvalue weighted by Crippen LogP contribution is 2.53. The van der Waals surface area contributed by atoms with E-state index in [2.05, 4.69) is 33.4 Å². The molecular weight excluding hydrogens is 180 g/mol. The molecule has 0 bridgehead atoms. The second kappa shape index (κ2) is 3.81. The van der Waals surface area contributed by atoms with E-state index in [4.69, 9.17) is 0 Å². The summed E-state index contributed by atoms with van der Waals surface area (Å²) in [5, 5.41) is 0. The Kier molecular flexibility index (Phi) is 2.79. The largest absolute Gasteiger partial charge is 0.0999 e. The van der Waals surface area contributed by atoms with Gasteiger partial charge in [-0.2, -0.15) is 0 Å². The Morgan fingerprint density at radius 1 is 1.40 bits per heavy atom. The number of hydrogen-bond acceptors (Lipinski definition) is 0. The Morgan fingerprint density at radius 3 is 2.80 bits per heavy atom. The minimum Gasteiger partial charge on any atom is -0.0999 e. The SMILES string of the molecule is C=C(C)C1CCC2CCC=C(C)C2(C)C1. The van der Waals surface area contributed by atoms with E-state index < -0.39 is 0 Å². The first kappa shape index (κ1) is 11.0. The molecule has 0 N–H and O–H groups in total. The van der Waals surface area contributed by atoms with Gasteiger partial charge < -0.3 is 0 Å². The zero-order chi connectivity index (χ0) is 11.1. The third-order valence-electron chi connectivity index (χ3n) is 5.00. The van der Waals surface area contributed by atoms with Gasteiger partial charge in [0.05, 0.1) is 0 Å². The molecule has 0 heterocycles. The standard InChI is InChI=1S/C15H24/c1-11(2)13-8-9-14-7-5-6-12(3)15(14,4)10-13/h6,13-14H,1,5,7-10H2,2-4H3. The van der Waals surface area contributed by atoms with Crippen LogP contribution in [-0.4, -0.2) is 0 Å². The summed E-state index contributed by atoms with van der Waals surface area (Å²) in [6, 6.07) is 0. The Labute approximate surface area is 94.5 Å². The molecule has 0 spiro atoms. The zero-order valence-electron chi connectivity index (χ0n) is 10.5. The maximum absolute atomic E-state index is 4.15. The van der Waals surface area contributed by atoms with Gasteiger partial charge in [0, 0.05) is 0 Å². The van der Waals surface area contributed by atoms with E-state index in [9.17, 15) is 0 Å². The summed E-state index contributed by atoms with van der Waals surface area (Å²) in [4.78, 5) is 0. The fraction of sp³-hybridized carbons (Fsp3) is 0.733. The second-order valence-corrected chi connectivity index (χ2v) is 5.90. The van der Waals surface area contributed by atoms with Gasteiger partial charge in [-0.1, -0.05) is 30.7 Å². The molecule has 0 aromatic heterocycles. The summed E-state index contributed by atoms with van der Waals surface area (Å²) in [6.07, 6.45) is 9.33. The summed E-state index contributed by atoms with van der Waals surface area (Å²) >= 11 is 0. The van der Waals surface area contributed by atoms with Crippen LogP contribution < -0.4 is 0 Å². The predicted octanol–water partition coefficient (Wildman–Crippen LogP) is 4.73. The quantitative estimate of drug-likeness (QED) is 0.542. The van der Waals surface area contributed by atoms with Crippen LogP contribution in [0.3, 0.4) is 0 Å². The van der Waals surface area contributed by atoms with Gasteiger partial charge in [0.15, 0.2) is 0 Å². The smallest absolute Gasteiger partial charge is 0.00851 e. The fourth-order valence-electron chi connectivity index (χ4n) is 3.60. The van der Waals surface area contributed by atoms with Crippen molar-refractivity contribution in [3.8, 4) is 0 Å². The molecule has 0 nitrogen and oxygen atoms in total. The van der Waals surface area contributed by atoms with Gasteiger partial charge in [0.2, 0.25) is 0 Å². The van der Waals surface area contributed by atoms with Crippen LogP contribution in [0.1, 0.15) is 52.9 Å². The minimum atomic E-state index is 0.486. The van der Waals surface area contributed by atoms with Crippen molar-refractivity contribution in [1.82, 2.24) is 0 Å². The highest BCUT2D eigenvalue weighted by molar-refractivity contribution is 5.19. The molecule has 0 amide bonds. The average Bonchev–Trinajstić information content (AvgIpc) is 2.19. The van der Waals surface area contributed by atoms with E-state index in [1.165, 1.54) is 37.7 Å². The molecule has 0 radical (unpaired) electrons. The van der Waals surface area contributed by atoms with Crippen molar-refractivity contribution in [3.05, 3.63) is 23.8 Å². The highest BCUT2D eigenvalue weighted by atomic mass is 14.5. The molecule has 0 aromatic carbocycles. The van der Waals surface area contributed by atoms with E-state index >= 15 is 0 Å². The number of rotatable bonds is 1. The Hall–Kier alpha value is -0.520. The molecule has 0 heteroatoms. The van der Waals surface area contributed by atoms with Crippen molar-refractivity contribution in [2.24, 2.45) is 17.3 Å². The Bertz CT molecular complexity index is 297. The van der Waals surface area contributed by atoms with Crippen molar-refractivity contribution in [3.63, 3.8) is 0 Å². The van der Waals surface area contributed by atoms with Gasteiger partial charge in [0.1, 0.15) is 0 Å². The summed E-state index contributed by atoms with van der Waals surface area (Å²) in [5.41, 5.74) is 3.53. The van der Waals surface area contributed by atoms with E-state index in [0.29, 0.717) is 5.41 Å². The van der Waals surface area contributed by atoms with Crippen molar-refractivity contribution in [2.75, 3.05) is 0 Å². The molecule has 0 aliphatic heterocycles. The lowest BCUT2D eigenvalue weighted by atomic mass is 9.57. The topological polar surface area (TPSA) is 0 Å². The van der Waals surface area contributed by atoms with Crippen LogP contribution in [0.5, 0.6) is 0 Å². The van der Waals surface area contributed by atoms with Crippen LogP contribution in [0, 0.1) is 17.3 Å². The molecule has 0 aromatic rings. The lowest BCUT2D eigenvalue weighted by molar-refractivity contribution is 0.110. The molecule has 2 aliphatic carbocycles. The summed E-state index contributed by atoms with van der Waals surface area (Å²) in [5.74, 6) is 1.71. The van der Waals surface area contributed by atoms with Gasteiger partial charge in [-0.25, -0.2) is 0 Å². The first-order valence-electron chi connectivity index (χ1n) is 6.36. The third kappa shape index (κ3) is 1.79. The molecular formula is C15H24. The highest BCUT2D eigenvalue weighted by Gasteiger charge is 2.42. The van der Waals surface area contributed by atoms with Crippen molar-refractivity contribution in [2.45, 2.75) is 52.9 Å². The first-order valence-corrected chi connectivity index (χ1v) is 6.36. The van der Waals surface area contributed by atoms with Gasteiger partial charge in [0.25, 0.3) is 0 Å². The molecule has 0 saturated heterocycles. The Balaban J connectivity index is 2.23.